The van der Waals surface area contributed by atoms with Crippen LogP contribution in [0.4, 0.5) is 5.69 Å². The number of aromatic nitrogens is 2. The van der Waals surface area contributed by atoms with Gasteiger partial charge in [0.25, 0.3) is 5.91 Å². The summed E-state index contributed by atoms with van der Waals surface area (Å²) in [5, 5.41) is 8.60. The Balaban J connectivity index is 1.70. The molecule has 1 aromatic heterocycles. The predicted octanol–water partition coefficient (Wildman–Crippen LogP) is 2.80. The van der Waals surface area contributed by atoms with Crippen molar-refractivity contribution in [2.75, 3.05) is 38.2 Å². The van der Waals surface area contributed by atoms with Gasteiger partial charge in [-0.3, -0.25) is 4.79 Å². The molecule has 1 fully saturated rings. The van der Waals surface area contributed by atoms with Crippen LogP contribution in [0.1, 0.15) is 22.5 Å². The number of hydrogen-bond acceptors (Lipinski definition) is 5. The lowest BCUT2D eigenvalue weighted by atomic mass is 10.1. The van der Waals surface area contributed by atoms with Crippen molar-refractivity contribution in [1.82, 2.24) is 15.1 Å². The van der Waals surface area contributed by atoms with Gasteiger partial charge < -0.3 is 14.5 Å². The maximum Gasteiger partial charge on any atom is 0.274 e. The minimum Gasteiger partial charge on any atom is -0.480 e. The first-order valence-corrected chi connectivity index (χ1v) is 8.65. The van der Waals surface area contributed by atoms with E-state index >= 15 is 0 Å². The van der Waals surface area contributed by atoms with Crippen molar-refractivity contribution in [1.29, 1.82) is 0 Å². The quantitative estimate of drug-likeness (QED) is 0.842. The van der Waals surface area contributed by atoms with Crippen molar-refractivity contribution in [2.24, 2.45) is 0 Å². The molecule has 1 amide bonds. The Kier molecular flexibility index (Phi) is 5.38. The second kappa shape index (κ2) is 7.70. The highest BCUT2D eigenvalue weighted by atomic mass is 35.5. The van der Waals surface area contributed by atoms with Gasteiger partial charge in [0.2, 0.25) is 5.88 Å². The second-order valence-electron chi connectivity index (χ2n) is 5.98. The third-order valence-corrected chi connectivity index (χ3v) is 4.84. The van der Waals surface area contributed by atoms with Gasteiger partial charge >= 0.3 is 0 Å². The fourth-order valence-corrected chi connectivity index (χ4v) is 3.17. The number of hydrogen-bond donors (Lipinski definition) is 0. The molecule has 0 N–H and O–H groups in total. The van der Waals surface area contributed by atoms with E-state index in [1.807, 2.05) is 24.0 Å². The smallest absolute Gasteiger partial charge is 0.274 e. The van der Waals surface area contributed by atoms with Crippen LogP contribution in [0.15, 0.2) is 30.3 Å². The summed E-state index contributed by atoms with van der Waals surface area (Å²) in [5.74, 6) is 0.301. The third kappa shape index (κ3) is 3.85. The fraction of sp³-hybridized carbons (Fsp3) is 0.389. The number of amides is 1. The van der Waals surface area contributed by atoms with Gasteiger partial charge in [-0.25, -0.2) is 0 Å². The molecule has 1 aliphatic heterocycles. The predicted molar refractivity (Wildman–Crippen MR) is 97.5 cm³/mol. The molecule has 7 heteroatoms. The first-order valence-electron chi connectivity index (χ1n) is 8.27. The lowest BCUT2D eigenvalue weighted by molar-refractivity contribution is 0.0759. The Morgan fingerprint density at radius 1 is 1.12 bits per heavy atom. The number of methoxy groups -OCH3 is 1. The number of rotatable bonds is 3. The lowest BCUT2D eigenvalue weighted by Crippen LogP contribution is -2.35. The minimum absolute atomic E-state index is 0.0974. The number of benzene rings is 1. The molecule has 1 saturated heterocycles. The molecule has 0 radical (unpaired) electrons. The average molecular weight is 361 g/mol. The van der Waals surface area contributed by atoms with Crippen LogP contribution < -0.4 is 9.64 Å². The first-order chi connectivity index (χ1) is 12.1. The number of ether oxygens (including phenoxy) is 1. The lowest BCUT2D eigenvalue weighted by Gasteiger charge is -2.25. The van der Waals surface area contributed by atoms with E-state index in [0.717, 1.165) is 35.8 Å². The molecule has 0 atom stereocenters. The normalized spacial score (nSPS) is 15.0. The van der Waals surface area contributed by atoms with Crippen molar-refractivity contribution in [3.8, 4) is 5.88 Å². The zero-order chi connectivity index (χ0) is 17.8. The summed E-state index contributed by atoms with van der Waals surface area (Å²) in [6, 6.07) is 9.24. The molecule has 3 rings (SSSR count). The zero-order valence-electron chi connectivity index (χ0n) is 14.4. The zero-order valence-corrected chi connectivity index (χ0v) is 15.2. The molecule has 0 spiro atoms. The van der Waals surface area contributed by atoms with Gasteiger partial charge in [0, 0.05) is 43.0 Å². The molecule has 0 aliphatic carbocycles. The van der Waals surface area contributed by atoms with E-state index in [-0.39, 0.29) is 5.91 Å². The van der Waals surface area contributed by atoms with Gasteiger partial charge in [-0.2, -0.15) is 0 Å². The van der Waals surface area contributed by atoms with Gasteiger partial charge in [-0.15, -0.1) is 10.2 Å². The van der Waals surface area contributed by atoms with Crippen molar-refractivity contribution in [3.63, 3.8) is 0 Å². The molecule has 2 aromatic rings. The number of nitrogens with zero attached hydrogens (tertiary/aromatic N) is 4. The summed E-state index contributed by atoms with van der Waals surface area (Å²) in [5.41, 5.74) is 2.55. The van der Waals surface area contributed by atoms with Crippen molar-refractivity contribution in [2.45, 2.75) is 13.3 Å². The molecular weight excluding hydrogens is 340 g/mol. The highest BCUT2D eigenvalue weighted by Crippen LogP contribution is 2.27. The molecule has 2 heterocycles. The first kappa shape index (κ1) is 17.5. The summed E-state index contributed by atoms with van der Waals surface area (Å²) in [7, 11) is 1.52. The van der Waals surface area contributed by atoms with Gasteiger partial charge in [-0.05, 0) is 37.1 Å². The van der Waals surface area contributed by atoms with Crippen LogP contribution in [-0.2, 0) is 0 Å². The molecule has 0 saturated carbocycles. The third-order valence-electron chi connectivity index (χ3n) is 4.43. The highest BCUT2D eigenvalue weighted by Gasteiger charge is 2.22. The van der Waals surface area contributed by atoms with Crippen molar-refractivity contribution in [3.05, 3.63) is 46.6 Å². The Morgan fingerprint density at radius 2 is 1.96 bits per heavy atom. The number of carbonyl (C=O) groups is 1. The highest BCUT2D eigenvalue weighted by molar-refractivity contribution is 6.31. The van der Waals surface area contributed by atoms with E-state index in [1.54, 1.807) is 12.1 Å². The van der Waals surface area contributed by atoms with Gasteiger partial charge in [-0.1, -0.05) is 17.7 Å². The summed E-state index contributed by atoms with van der Waals surface area (Å²) in [6.45, 7) is 5.01. The summed E-state index contributed by atoms with van der Waals surface area (Å²) >= 11 is 6.24. The van der Waals surface area contributed by atoms with E-state index in [9.17, 15) is 4.79 Å². The molecule has 25 heavy (non-hydrogen) atoms. The van der Waals surface area contributed by atoms with E-state index in [1.165, 1.54) is 7.11 Å². The van der Waals surface area contributed by atoms with E-state index in [2.05, 4.69) is 21.2 Å². The van der Waals surface area contributed by atoms with Crippen LogP contribution in [0, 0.1) is 6.92 Å². The number of anilines is 1. The van der Waals surface area contributed by atoms with Crippen LogP contribution >= 0.6 is 11.6 Å². The molecule has 1 aliphatic rings. The summed E-state index contributed by atoms with van der Waals surface area (Å²) < 4.78 is 4.98. The molecule has 1 aromatic carbocycles. The maximum absolute atomic E-state index is 12.7. The molecule has 0 bridgehead atoms. The van der Waals surface area contributed by atoms with Crippen LogP contribution in [0.5, 0.6) is 5.88 Å². The molecule has 132 valence electrons. The van der Waals surface area contributed by atoms with Crippen LogP contribution in [0.25, 0.3) is 0 Å². The largest absolute Gasteiger partial charge is 0.480 e. The number of halogens is 1. The number of carbonyl (C=O) groups excluding carboxylic acids is 1. The van der Waals surface area contributed by atoms with Gasteiger partial charge in [0.1, 0.15) is 0 Å². The van der Waals surface area contributed by atoms with Crippen molar-refractivity contribution >= 4 is 23.2 Å². The van der Waals surface area contributed by atoms with Crippen LogP contribution in [0.2, 0.25) is 5.02 Å². The minimum atomic E-state index is -0.0974. The summed E-state index contributed by atoms with van der Waals surface area (Å²) in [4.78, 5) is 16.8. The Bertz CT molecular complexity index is 751. The Morgan fingerprint density at radius 3 is 2.68 bits per heavy atom. The van der Waals surface area contributed by atoms with Crippen LogP contribution in [-0.4, -0.2) is 54.3 Å². The van der Waals surface area contributed by atoms with Gasteiger partial charge in [0.05, 0.1) is 7.11 Å². The molecule has 0 unspecified atom stereocenters. The topological polar surface area (TPSA) is 58.6 Å². The Labute approximate surface area is 152 Å². The monoisotopic (exact) mass is 360 g/mol. The van der Waals surface area contributed by atoms with E-state index < -0.39 is 0 Å². The maximum atomic E-state index is 12.7. The average Bonchev–Trinajstić information content (AvgIpc) is 2.89. The van der Waals surface area contributed by atoms with Crippen LogP contribution in [0.3, 0.4) is 0 Å². The van der Waals surface area contributed by atoms with Gasteiger partial charge in [0.15, 0.2) is 5.69 Å². The van der Waals surface area contributed by atoms with Crippen molar-refractivity contribution < 1.29 is 9.53 Å². The SMILES string of the molecule is COc1ccc(C(=O)N2CCCN(c3cccc(Cl)c3C)CC2)nn1. The second-order valence-corrected chi connectivity index (χ2v) is 6.38. The summed E-state index contributed by atoms with van der Waals surface area (Å²) in [6.07, 6.45) is 0.890. The Hall–Kier alpha value is -2.34. The van der Waals surface area contributed by atoms with E-state index in [0.29, 0.717) is 24.7 Å². The van der Waals surface area contributed by atoms with E-state index in [4.69, 9.17) is 16.3 Å². The molecular formula is C18H21ClN4O2. The standard InChI is InChI=1S/C18H21ClN4O2/c1-13-14(19)5-3-6-16(13)22-9-4-10-23(12-11-22)18(24)15-7-8-17(25-2)21-20-15/h3,5-8H,4,9-12H2,1-2H3. The molecule has 6 nitrogen and oxygen atoms in total. The fourth-order valence-electron chi connectivity index (χ4n) is 3.01.